The Morgan fingerprint density at radius 1 is 1.22 bits per heavy atom. The molecule has 0 bridgehead atoms. The highest BCUT2D eigenvalue weighted by molar-refractivity contribution is 5.72. The first-order chi connectivity index (χ1) is 8.41. The van der Waals surface area contributed by atoms with Gasteiger partial charge in [-0.15, -0.1) is 0 Å². The molecule has 0 radical (unpaired) electrons. The van der Waals surface area contributed by atoms with Crippen LogP contribution < -0.4 is 0 Å². The number of carboxylic acid groups (broad SMARTS) is 1. The smallest absolute Gasteiger partial charge is 0.416 e. The van der Waals surface area contributed by atoms with Gasteiger partial charge in [0, 0.05) is 0 Å². The van der Waals surface area contributed by atoms with Crippen molar-refractivity contribution >= 4 is 5.97 Å². The Hall–Kier alpha value is -1.52. The summed E-state index contributed by atoms with van der Waals surface area (Å²) < 4.78 is 38.6. The molecule has 1 N–H and O–H groups in total. The molecule has 0 amide bonds. The molecule has 0 spiro atoms. The molecule has 18 heavy (non-hydrogen) atoms. The van der Waals surface area contributed by atoms with E-state index in [1.807, 2.05) is 0 Å². The van der Waals surface area contributed by atoms with Gasteiger partial charge >= 0.3 is 12.1 Å². The van der Waals surface area contributed by atoms with Gasteiger partial charge in [-0.25, -0.2) is 0 Å². The molecule has 1 saturated carbocycles. The summed E-state index contributed by atoms with van der Waals surface area (Å²) in [7, 11) is 0. The highest BCUT2D eigenvalue weighted by Crippen LogP contribution is 2.44. The van der Waals surface area contributed by atoms with Crippen molar-refractivity contribution in [2.75, 3.05) is 0 Å². The maximum atomic E-state index is 12.9. The number of rotatable bonds is 2. The number of aliphatic carboxylic acids is 1. The molecule has 2 nitrogen and oxygen atoms in total. The predicted octanol–water partition coefficient (Wildman–Crippen LogP) is 3.67. The molecule has 1 aromatic rings. The van der Waals surface area contributed by atoms with E-state index in [0.717, 1.165) is 6.07 Å². The topological polar surface area (TPSA) is 37.3 Å². The van der Waals surface area contributed by atoms with Crippen LogP contribution in [-0.4, -0.2) is 11.1 Å². The van der Waals surface area contributed by atoms with Crippen molar-refractivity contribution in [1.29, 1.82) is 0 Å². The third kappa shape index (κ3) is 2.35. The lowest BCUT2D eigenvalue weighted by Crippen LogP contribution is -2.20. The largest absolute Gasteiger partial charge is 0.481 e. The predicted molar refractivity (Wildman–Crippen MR) is 59.2 cm³/mol. The molecular formula is C13H13F3O2. The van der Waals surface area contributed by atoms with Gasteiger partial charge in [-0.05, 0) is 30.4 Å². The number of hydrogen-bond acceptors (Lipinski definition) is 1. The van der Waals surface area contributed by atoms with E-state index in [-0.39, 0.29) is 5.56 Å². The van der Waals surface area contributed by atoms with Gasteiger partial charge in [-0.3, -0.25) is 4.79 Å². The number of halogens is 3. The van der Waals surface area contributed by atoms with Crippen LogP contribution in [0.3, 0.4) is 0 Å². The molecule has 1 aliphatic rings. The van der Waals surface area contributed by atoms with E-state index in [1.54, 1.807) is 0 Å². The van der Waals surface area contributed by atoms with E-state index in [9.17, 15) is 18.0 Å². The second kappa shape index (κ2) is 4.63. The quantitative estimate of drug-likeness (QED) is 0.878. The normalized spacial score (nSPS) is 24.2. The van der Waals surface area contributed by atoms with Crippen molar-refractivity contribution in [2.45, 2.75) is 31.4 Å². The van der Waals surface area contributed by atoms with Gasteiger partial charge in [-0.2, -0.15) is 13.2 Å². The zero-order chi connectivity index (χ0) is 13.3. The summed E-state index contributed by atoms with van der Waals surface area (Å²) in [4.78, 5) is 11.1. The molecule has 1 aliphatic carbocycles. The van der Waals surface area contributed by atoms with Gasteiger partial charge in [-0.1, -0.05) is 24.6 Å². The van der Waals surface area contributed by atoms with Crippen LogP contribution >= 0.6 is 0 Å². The summed E-state index contributed by atoms with van der Waals surface area (Å²) in [5.74, 6) is -2.23. The fraction of sp³-hybridized carbons (Fsp3) is 0.462. The van der Waals surface area contributed by atoms with Crippen LogP contribution in [0.5, 0.6) is 0 Å². The summed E-state index contributed by atoms with van der Waals surface area (Å²) in [6.45, 7) is 0. The van der Waals surface area contributed by atoms with Gasteiger partial charge in [0.1, 0.15) is 0 Å². The Labute approximate surface area is 102 Å². The van der Waals surface area contributed by atoms with Gasteiger partial charge in [0.25, 0.3) is 0 Å². The molecule has 1 fully saturated rings. The van der Waals surface area contributed by atoms with Crippen LogP contribution in [0.1, 0.15) is 36.3 Å². The van der Waals surface area contributed by atoms with Crippen molar-refractivity contribution in [1.82, 2.24) is 0 Å². The minimum atomic E-state index is -4.43. The molecule has 0 heterocycles. The number of carboxylic acids is 1. The third-order valence-corrected chi connectivity index (χ3v) is 3.50. The highest BCUT2D eigenvalue weighted by Gasteiger charge is 2.40. The fourth-order valence-corrected chi connectivity index (χ4v) is 2.71. The minimum Gasteiger partial charge on any atom is -0.481 e. The molecule has 0 aromatic heterocycles. The maximum absolute atomic E-state index is 12.9. The van der Waals surface area contributed by atoms with Crippen molar-refractivity contribution in [3.63, 3.8) is 0 Å². The lowest BCUT2D eigenvalue weighted by atomic mass is 9.86. The summed E-state index contributed by atoms with van der Waals surface area (Å²) in [6, 6.07) is 5.28. The first kappa shape index (κ1) is 12.9. The van der Waals surface area contributed by atoms with Crippen LogP contribution in [-0.2, 0) is 11.0 Å². The molecule has 1 aromatic carbocycles. The monoisotopic (exact) mass is 258 g/mol. The van der Waals surface area contributed by atoms with Crippen LogP contribution in [0.4, 0.5) is 13.2 Å². The Kier molecular flexibility index (Phi) is 3.32. The Bertz CT molecular complexity index is 454. The van der Waals surface area contributed by atoms with E-state index in [0.29, 0.717) is 19.3 Å². The van der Waals surface area contributed by atoms with E-state index >= 15 is 0 Å². The fourth-order valence-electron chi connectivity index (χ4n) is 2.71. The lowest BCUT2D eigenvalue weighted by Gasteiger charge is -2.20. The van der Waals surface area contributed by atoms with Crippen molar-refractivity contribution in [3.05, 3.63) is 35.4 Å². The zero-order valence-electron chi connectivity index (χ0n) is 9.57. The summed E-state index contributed by atoms with van der Waals surface area (Å²) >= 11 is 0. The average molecular weight is 258 g/mol. The van der Waals surface area contributed by atoms with Crippen LogP contribution in [0.2, 0.25) is 0 Å². The number of hydrogen-bond donors (Lipinski definition) is 1. The average Bonchev–Trinajstić information content (AvgIpc) is 2.76. The maximum Gasteiger partial charge on any atom is 0.416 e. The van der Waals surface area contributed by atoms with E-state index in [2.05, 4.69) is 0 Å². The molecule has 2 rings (SSSR count). The van der Waals surface area contributed by atoms with Crippen molar-refractivity contribution in [2.24, 2.45) is 5.92 Å². The number of alkyl halides is 3. The summed E-state index contributed by atoms with van der Waals surface area (Å²) in [6.07, 6.45) is -2.81. The van der Waals surface area contributed by atoms with E-state index < -0.39 is 29.5 Å². The Morgan fingerprint density at radius 3 is 2.50 bits per heavy atom. The summed E-state index contributed by atoms with van der Waals surface area (Å²) in [5.41, 5.74) is -0.585. The van der Waals surface area contributed by atoms with E-state index in [4.69, 9.17) is 5.11 Å². The van der Waals surface area contributed by atoms with Crippen LogP contribution in [0, 0.1) is 5.92 Å². The SMILES string of the molecule is O=C(O)C1CCCC1c1ccccc1C(F)(F)F. The second-order valence-corrected chi connectivity index (χ2v) is 4.57. The second-order valence-electron chi connectivity index (χ2n) is 4.57. The third-order valence-electron chi connectivity index (χ3n) is 3.50. The zero-order valence-corrected chi connectivity index (χ0v) is 9.57. The minimum absolute atomic E-state index is 0.120. The molecule has 0 aliphatic heterocycles. The number of benzene rings is 1. The first-order valence-electron chi connectivity index (χ1n) is 5.80. The standard InChI is InChI=1S/C13H13F3O2/c14-13(15,16)11-7-2-1-4-9(11)8-5-3-6-10(8)12(17)18/h1-2,4,7-8,10H,3,5-6H2,(H,17,18). The molecule has 2 unspecified atom stereocenters. The molecule has 98 valence electrons. The Morgan fingerprint density at radius 2 is 1.89 bits per heavy atom. The van der Waals surface area contributed by atoms with Gasteiger partial charge in [0.2, 0.25) is 0 Å². The van der Waals surface area contributed by atoms with Gasteiger partial charge in [0.05, 0.1) is 11.5 Å². The summed E-state index contributed by atoms with van der Waals surface area (Å²) in [5, 5.41) is 9.06. The number of carbonyl (C=O) groups is 1. The van der Waals surface area contributed by atoms with Crippen molar-refractivity contribution in [3.8, 4) is 0 Å². The van der Waals surface area contributed by atoms with Gasteiger partial charge < -0.3 is 5.11 Å². The first-order valence-corrected chi connectivity index (χ1v) is 5.80. The van der Waals surface area contributed by atoms with Crippen LogP contribution in [0.15, 0.2) is 24.3 Å². The van der Waals surface area contributed by atoms with Crippen LogP contribution in [0.25, 0.3) is 0 Å². The highest BCUT2D eigenvalue weighted by atomic mass is 19.4. The van der Waals surface area contributed by atoms with Gasteiger partial charge in [0.15, 0.2) is 0 Å². The Balaban J connectivity index is 2.42. The molecule has 5 heteroatoms. The molecule has 2 atom stereocenters. The van der Waals surface area contributed by atoms with E-state index in [1.165, 1.54) is 18.2 Å². The molecule has 0 saturated heterocycles. The van der Waals surface area contributed by atoms with Crippen molar-refractivity contribution < 1.29 is 23.1 Å². The molecular weight excluding hydrogens is 245 g/mol. The lowest BCUT2D eigenvalue weighted by molar-refractivity contribution is -0.143.